The van der Waals surface area contributed by atoms with Gasteiger partial charge in [-0.25, -0.2) is 10.6 Å². The maximum atomic E-state index is 11.6. The molecule has 4 amide bonds. The molecule has 0 heterocycles. The number of aliphatic hydroxyl groups is 1. The van der Waals surface area contributed by atoms with E-state index in [1.807, 2.05) is 6.07 Å². The van der Waals surface area contributed by atoms with Gasteiger partial charge in [0.1, 0.15) is 19.2 Å². The summed E-state index contributed by atoms with van der Waals surface area (Å²) in [6.45, 7) is -1.44. The van der Waals surface area contributed by atoms with Crippen molar-refractivity contribution in [3.8, 4) is 0 Å². The maximum absolute atomic E-state index is 11.6. The molecule has 142 valence electrons. The number of alkyl carbamates (subject to hydrolysis) is 1. The Kier molecular flexibility index (Phi) is 9.14. The Balaban J connectivity index is 2.22. The van der Waals surface area contributed by atoms with Crippen LogP contribution in [-0.4, -0.2) is 54.7 Å². The van der Waals surface area contributed by atoms with Crippen molar-refractivity contribution < 1.29 is 29.0 Å². The molecule has 26 heavy (non-hydrogen) atoms. The molecule has 11 heteroatoms. The second kappa shape index (κ2) is 11.4. The number of hydrazine groups is 1. The van der Waals surface area contributed by atoms with E-state index in [0.29, 0.717) is 0 Å². The minimum atomic E-state index is -1.23. The fourth-order valence-corrected chi connectivity index (χ4v) is 1.71. The van der Waals surface area contributed by atoms with Gasteiger partial charge in [-0.05, 0) is 5.56 Å². The van der Waals surface area contributed by atoms with Crippen LogP contribution in [0.4, 0.5) is 4.79 Å². The highest BCUT2D eigenvalue weighted by Gasteiger charge is 2.19. The fourth-order valence-electron chi connectivity index (χ4n) is 1.71. The van der Waals surface area contributed by atoms with Crippen molar-refractivity contribution in [2.75, 3.05) is 19.7 Å². The zero-order valence-electron chi connectivity index (χ0n) is 13.9. The number of amides is 4. The highest BCUT2D eigenvalue weighted by atomic mass is 16.5. The lowest BCUT2D eigenvalue weighted by Crippen LogP contribution is -2.53. The van der Waals surface area contributed by atoms with Gasteiger partial charge in [0.2, 0.25) is 11.8 Å². The van der Waals surface area contributed by atoms with Crippen LogP contribution in [0.5, 0.6) is 0 Å². The quantitative estimate of drug-likeness (QED) is 0.159. The third kappa shape index (κ3) is 8.08. The molecular formula is C15H21N5O6. The van der Waals surface area contributed by atoms with E-state index in [-0.39, 0.29) is 6.61 Å². The number of hydrogen-bond donors (Lipinski definition) is 6. The number of ether oxygens (including phenoxy) is 1. The van der Waals surface area contributed by atoms with Crippen molar-refractivity contribution in [3.05, 3.63) is 35.9 Å². The van der Waals surface area contributed by atoms with Gasteiger partial charge in [0, 0.05) is 0 Å². The maximum Gasteiger partial charge on any atom is 0.407 e. The minimum absolute atomic E-state index is 0.0580. The van der Waals surface area contributed by atoms with Crippen LogP contribution >= 0.6 is 0 Å². The summed E-state index contributed by atoms with van der Waals surface area (Å²) >= 11 is 0. The average molecular weight is 367 g/mol. The molecule has 0 spiro atoms. The van der Waals surface area contributed by atoms with Crippen LogP contribution in [0, 0.1) is 0 Å². The van der Waals surface area contributed by atoms with E-state index in [9.17, 15) is 19.2 Å². The first-order valence-electron chi connectivity index (χ1n) is 7.58. The highest BCUT2D eigenvalue weighted by molar-refractivity contribution is 5.90. The van der Waals surface area contributed by atoms with Crippen LogP contribution in [0.25, 0.3) is 0 Å². The lowest BCUT2D eigenvalue weighted by Gasteiger charge is -2.14. The van der Waals surface area contributed by atoms with E-state index in [4.69, 9.17) is 15.7 Å². The molecule has 0 aliphatic carbocycles. The van der Waals surface area contributed by atoms with Crippen molar-refractivity contribution in [2.24, 2.45) is 5.84 Å². The van der Waals surface area contributed by atoms with E-state index in [0.717, 1.165) is 5.56 Å². The zero-order chi connectivity index (χ0) is 19.4. The van der Waals surface area contributed by atoms with Gasteiger partial charge in [0.25, 0.3) is 5.91 Å². The van der Waals surface area contributed by atoms with E-state index in [1.54, 1.807) is 29.7 Å². The molecule has 0 radical (unpaired) electrons. The lowest BCUT2D eigenvalue weighted by molar-refractivity contribution is -0.130. The Hall–Kier alpha value is -3.18. The Bertz CT molecular complexity index is 624. The van der Waals surface area contributed by atoms with Gasteiger partial charge in [-0.2, -0.15) is 0 Å². The van der Waals surface area contributed by atoms with Gasteiger partial charge in [0.15, 0.2) is 0 Å². The van der Waals surface area contributed by atoms with Gasteiger partial charge >= 0.3 is 6.09 Å². The molecule has 0 bridgehead atoms. The lowest BCUT2D eigenvalue weighted by atomic mass is 10.2. The van der Waals surface area contributed by atoms with Crippen molar-refractivity contribution >= 4 is 23.8 Å². The molecule has 1 atom stereocenters. The average Bonchev–Trinajstić information content (AvgIpc) is 2.67. The summed E-state index contributed by atoms with van der Waals surface area (Å²) in [4.78, 5) is 45.8. The summed E-state index contributed by atoms with van der Waals surface area (Å²) in [7, 11) is 0. The molecule has 0 unspecified atom stereocenters. The smallest absolute Gasteiger partial charge is 0.407 e. The number of hydrogen-bond acceptors (Lipinski definition) is 7. The van der Waals surface area contributed by atoms with Crippen molar-refractivity contribution in [1.82, 2.24) is 21.4 Å². The summed E-state index contributed by atoms with van der Waals surface area (Å²) < 4.78 is 4.92. The molecule has 1 aromatic carbocycles. The SMILES string of the molecule is NNC(=O)[C@H](CO)NC(=O)CNC(=O)CNC(=O)OCc1ccccc1. The van der Waals surface area contributed by atoms with Crippen LogP contribution in [0.1, 0.15) is 5.56 Å². The van der Waals surface area contributed by atoms with E-state index in [1.165, 1.54) is 0 Å². The molecule has 0 aliphatic heterocycles. The van der Waals surface area contributed by atoms with Gasteiger partial charge in [-0.1, -0.05) is 30.3 Å². The summed E-state index contributed by atoms with van der Waals surface area (Å²) in [5, 5.41) is 15.6. The minimum Gasteiger partial charge on any atom is -0.445 e. The number of carbonyl (C=O) groups excluding carboxylic acids is 4. The predicted octanol–water partition coefficient (Wildman–Crippen LogP) is -2.50. The largest absolute Gasteiger partial charge is 0.445 e. The second-order valence-electron chi connectivity index (χ2n) is 5.00. The highest BCUT2D eigenvalue weighted by Crippen LogP contribution is 2.00. The van der Waals surface area contributed by atoms with Crippen molar-refractivity contribution in [3.63, 3.8) is 0 Å². The molecule has 11 nitrogen and oxygen atoms in total. The van der Waals surface area contributed by atoms with Gasteiger partial charge in [-0.3, -0.25) is 19.8 Å². The van der Waals surface area contributed by atoms with Gasteiger partial charge in [-0.15, -0.1) is 0 Å². The first kappa shape index (κ1) is 20.9. The van der Waals surface area contributed by atoms with Crippen LogP contribution < -0.4 is 27.2 Å². The predicted molar refractivity (Wildman–Crippen MR) is 89.0 cm³/mol. The first-order valence-corrected chi connectivity index (χ1v) is 7.58. The van der Waals surface area contributed by atoms with Crippen LogP contribution in [0.15, 0.2) is 30.3 Å². The summed E-state index contributed by atoms with van der Waals surface area (Å²) in [6, 6.07) is 7.76. The summed E-state index contributed by atoms with van der Waals surface area (Å²) in [5.74, 6) is 2.76. The fraction of sp³-hybridized carbons (Fsp3) is 0.333. The standard InChI is InChI=1S/C15H21N5O6/c16-20-14(24)11(8-21)19-13(23)7-17-12(22)6-18-15(25)26-9-10-4-2-1-3-5-10/h1-5,11,21H,6-9,16H2,(H,17,22)(H,18,25)(H,19,23)(H,20,24)/t11-/m0/s1. The van der Waals surface area contributed by atoms with E-state index >= 15 is 0 Å². The number of carbonyl (C=O) groups is 4. The zero-order valence-corrected chi connectivity index (χ0v) is 13.9. The van der Waals surface area contributed by atoms with Crippen LogP contribution in [0.2, 0.25) is 0 Å². The number of rotatable bonds is 9. The second-order valence-corrected chi connectivity index (χ2v) is 5.00. The van der Waals surface area contributed by atoms with Crippen LogP contribution in [0.3, 0.4) is 0 Å². The summed E-state index contributed by atoms with van der Waals surface area (Å²) in [5.41, 5.74) is 2.58. The third-order valence-electron chi connectivity index (χ3n) is 3.03. The molecule has 1 aromatic rings. The number of aliphatic hydroxyl groups excluding tert-OH is 1. The van der Waals surface area contributed by atoms with Crippen LogP contribution in [-0.2, 0) is 25.7 Å². The van der Waals surface area contributed by atoms with Gasteiger partial charge < -0.3 is 25.8 Å². The molecule has 0 aromatic heterocycles. The first-order chi connectivity index (χ1) is 12.5. The van der Waals surface area contributed by atoms with Crippen molar-refractivity contribution in [1.29, 1.82) is 0 Å². The molecule has 0 fully saturated rings. The number of benzene rings is 1. The van der Waals surface area contributed by atoms with E-state index in [2.05, 4.69) is 16.0 Å². The number of nitrogens with one attached hydrogen (secondary N) is 4. The molecule has 0 aliphatic rings. The summed E-state index contributed by atoms with van der Waals surface area (Å²) in [6.07, 6.45) is -0.784. The monoisotopic (exact) mass is 367 g/mol. The van der Waals surface area contributed by atoms with Gasteiger partial charge in [0.05, 0.1) is 13.2 Å². The Morgan fingerprint density at radius 1 is 1.04 bits per heavy atom. The Morgan fingerprint density at radius 3 is 2.31 bits per heavy atom. The molecule has 1 rings (SSSR count). The third-order valence-corrected chi connectivity index (χ3v) is 3.03. The number of nitrogens with two attached hydrogens (primary N) is 1. The molecule has 7 N–H and O–H groups in total. The molecule has 0 saturated carbocycles. The Morgan fingerprint density at radius 2 is 1.69 bits per heavy atom. The topological polar surface area (TPSA) is 172 Å². The Labute approximate surface area is 149 Å². The normalized spacial score (nSPS) is 11.0. The molecule has 0 saturated heterocycles. The van der Waals surface area contributed by atoms with Crippen molar-refractivity contribution in [2.45, 2.75) is 12.6 Å². The molecular weight excluding hydrogens is 346 g/mol. The van der Waals surface area contributed by atoms with E-state index < -0.39 is 49.6 Å².